The molecule has 1 atom stereocenters. The molecule has 0 spiro atoms. The number of allylic oxidation sites excluding steroid dienone is 2. The summed E-state index contributed by atoms with van der Waals surface area (Å²) in [5, 5.41) is 9.01. The van der Waals surface area contributed by atoms with E-state index < -0.39 is 0 Å². The van der Waals surface area contributed by atoms with Crippen LogP contribution in [0.4, 0.5) is 0 Å². The van der Waals surface area contributed by atoms with Crippen LogP contribution < -0.4 is 0 Å². The Morgan fingerprint density at radius 3 is 2.55 bits per heavy atom. The third-order valence-corrected chi connectivity index (χ3v) is 2.57. The van der Waals surface area contributed by atoms with Crippen LogP contribution in [0.5, 0.6) is 0 Å². The van der Waals surface area contributed by atoms with Gasteiger partial charge in [0.05, 0.1) is 5.76 Å². The summed E-state index contributed by atoms with van der Waals surface area (Å²) in [6.45, 7) is 3.99. The minimum Gasteiger partial charge on any atom is -0.513 e. The van der Waals surface area contributed by atoms with E-state index >= 15 is 0 Å². The lowest BCUT2D eigenvalue weighted by Crippen LogP contribution is -2.24. The molecule has 1 unspecified atom stereocenters. The van der Waals surface area contributed by atoms with E-state index in [2.05, 4.69) is 14.1 Å². The van der Waals surface area contributed by atoms with Crippen molar-refractivity contribution in [3.8, 4) is 0 Å². The highest BCUT2D eigenvalue weighted by atomic mass is 31.0. The molecule has 1 rings (SSSR count). The number of hydrogen-bond donors (Lipinski definition) is 1. The summed E-state index contributed by atoms with van der Waals surface area (Å²) in [6.07, 6.45) is 4.31. The van der Waals surface area contributed by atoms with E-state index in [9.17, 15) is 0 Å². The van der Waals surface area contributed by atoms with Crippen molar-refractivity contribution in [3.05, 3.63) is 11.8 Å². The summed E-state index contributed by atoms with van der Waals surface area (Å²) in [4.78, 5) is 0. The van der Waals surface area contributed by atoms with Crippen LogP contribution in [-0.4, -0.2) is 22.9 Å². The van der Waals surface area contributed by atoms with Crippen molar-refractivity contribution in [1.29, 1.82) is 0 Å². The monoisotopic (exact) mass is 173 g/mol. The van der Waals surface area contributed by atoms with E-state index in [-0.39, 0.29) is 0 Å². The normalized spacial score (nSPS) is 24.0. The molecule has 1 N–H and O–H groups in total. The number of rotatable bonds is 1. The molecule has 0 aromatic rings. The van der Waals surface area contributed by atoms with Gasteiger partial charge in [0, 0.05) is 13.1 Å². The Kier molecular flexibility index (Phi) is 3.35. The van der Waals surface area contributed by atoms with Crippen LogP contribution in [0.1, 0.15) is 19.8 Å². The molecular formula is C8H16NOP. The summed E-state index contributed by atoms with van der Waals surface area (Å²) < 4.78 is 2.25. The highest BCUT2D eigenvalue weighted by molar-refractivity contribution is 7.13. The van der Waals surface area contributed by atoms with Gasteiger partial charge in [-0.25, -0.2) is 0 Å². The third-order valence-electron chi connectivity index (χ3n) is 2.05. The predicted octanol–water partition coefficient (Wildman–Crippen LogP) is 1.95. The summed E-state index contributed by atoms with van der Waals surface area (Å²) in [5.41, 5.74) is 0. The molecule has 64 valence electrons. The fourth-order valence-electron chi connectivity index (χ4n) is 1.43. The van der Waals surface area contributed by atoms with Gasteiger partial charge in [0.15, 0.2) is 0 Å². The van der Waals surface area contributed by atoms with Gasteiger partial charge in [0.1, 0.15) is 0 Å². The molecule has 1 saturated heterocycles. The molecule has 0 amide bonds. The Bertz CT molecular complexity index is 146. The van der Waals surface area contributed by atoms with Crippen LogP contribution in [0.3, 0.4) is 0 Å². The van der Waals surface area contributed by atoms with E-state index in [1.165, 1.54) is 12.8 Å². The molecule has 0 aromatic heterocycles. The van der Waals surface area contributed by atoms with Crippen LogP contribution in [0.2, 0.25) is 0 Å². The van der Waals surface area contributed by atoms with Crippen LogP contribution in [-0.2, 0) is 0 Å². The van der Waals surface area contributed by atoms with Gasteiger partial charge in [0.25, 0.3) is 0 Å². The van der Waals surface area contributed by atoms with Gasteiger partial charge in [0.2, 0.25) is 0 Å². The lowest BCUT2D eigenvalue weighted by atomic mass is 9.97. The Balaban J connectivity index is 2.34. The van der Waals surface area contributed by atoms with Gasteiger partial charge < -0.3 is 5.11 Å². The maximum absolute atomic E-state index is 9.01. The predicted molar refractivity (Wildman–Crippen MR) is 50.4 cm³/mol. The lowest BCUT2D eigenvalue weighted by molar-refractivity contribution is 0.318. The van der Waals surface area contributed by atoms with Gasteiger partial charge in [-0.3, -0.25) is 4.67 Å². The van der Waals surface area contributed by atoms with Crippen LogP contribution in [0.15, 0.2) is 11.8 Å². The van der Waals surface area contributed by atoms with Gasteiger partial charge >= 0.3 is 0 Å². The zero-order valence-corrected chi connectivity index (χ0v) is 8.11. The molecule has 0 saturated carbocycles. The molecule has 0 bridgehead atoms. The first-order chi connectivity index (χ1) is 5.18. The standard InChI is InChI=1S/C8H16NOP/c1-7(10)6-8-2-4-9(11)5-3-8/h6,8,10H,2-5,11H2,1H3/b7-6-. The maximum atomic E-state index is 9.01. The Labute approximate surface area is 70.5 Å². The van der Waals surface area contributed by atoms with Crippen molar-refractivity contribution in [2.24, 2.45) is 5.92 Å². The average molecular weight is 173 g/mol. The Hall–Kier alpha value is -0.0700. The van der Waals surface area contributed by atoms with Crippen molar-refractivity contribution in [3.63, 3.8) is 0 Å². The molecular weight excluding hydrogens is 157 g/mol. The van der Waals surface area contributed by atoms with E-state index in [0.717, 1.165) is 13.1 Å². The summed E-state index contributed by atoms with van der Waals surface area (Å²) in [5.74, 6) is 1.06. The molecule has 0 aliphatic carbocycles. The zero-order chi connectivity index (χ0) is 8.27. The molecule has 3 heteroatoms. The van der Waals surface area contributed by atoms with Crippen molar-refractivity contribution >= 4 is 9.39 Å². The topological polar surface area (TPSA) is 23.5 Å². The van der Waals surface area contributed by atoms with Crippen molar-refractivity contribution in [2.45, 2.75) is 19.8 Å². The second-order valence-corrected chi connectivity index (χ2v) is 3.91. The van der Waals surface area contributed by atoms with Crippen LogP contribution in [0.25, 0.3) is 0 Å². The minimum atomic E-state index is 0.465. The molecule has 1 aliphatic heterocycles. The smallest absolute Gasteiger partial charge is 0.0854 e. The highest BCUT2D eigenvalue weighted by Gasteiger charge is 2.14. The number of hydrogen-bond acceptors (Lipinski definition) is 2. The molecule has 1 heterocycles. The quantitative estimate of drug-likeness (QED) is 0.484. The number of nitrogens with zero attached hydrogens (tertiary/aromatic N) is 1. The van der Waals surface area contributed by atoms with E-state index in [4.69, 9.17) is 5.11 Å². The van der Waals surface area contributed by atoms with E-state index in [1.54, 1.807) is 6.92 Å². The number of aliphatic hydroxyl groups is 1. The first-order valence-corrected chi connectivity index (χ1v) is 4.57. The lowest BCUT2D eigenvalue weighted by Gasteiger charge is -2.26. The van der Waals surface area contributed by atoms with Crippen LogP contribution >= 0.6 is 9.39 Å². The average Bonchev–Trinajstić information content (AvgIpc) is 1.93. The van der Waals surface area contributed by atoms with Gasteiger partial charge in [-0.15, -0.1) is 0 Å². The molecule has 1 aliphatic rings. The largest absolute Gasteiger partial charge is 0.513 e. The minimum absolute atomic E-state index is 0.465. The SMILES string of the molecule is C/C(O)=C/C1CCN(P)CC1. The Morgan fingerprint density at radius 2 is 2.09 bits per heavy atom. The fourth-order valence-corrected chi connectivity index (χ4v) is 1.73. The number of aliphatic hydroxyl groups excluding tert-OH is 1. The molecule has 1 fully saturated rings. The summed E-state index contributed by atoms with van der Waals surface area (Å²) >= 11 is 0. The van der Waals surface area contributed by atoms with Gasteiger partial charge in [-0.2, -0.15) is 0 Å². The van der Waals surface area contributed by atoms with E-state index in [1.807, 2.05) is 6.08 Å². The van der Waals surface area contributed by atoms with Gasteiger partial charge in [-0.05, 0) is 31.8 Å². The van der Waals surface area contributed by atoms with Crippen LogP contribution in [0, 0.1) is 5.92 Å². The molecule has 11 heavy (non-hydrogen) atoms. The Morgan fingerprint density at radius 1 is 1.55 bits per heavy atom. The molecule has 2 nitrogen and oxygen atoms in total. The second-order valence-electron chi connectivity index (χ2n) is 3.18. The van der Waals surface area contributed by atoms with E-state index in [0.29, 0.717) is 11.7 Å². The number of piperidine rings is 1. The van der Waals surface area contributed by atoms with Crippen molar-refractivity contribution < 1.29 is 5.11 Å². The molecule has 0 aromatic carbocycles. The zero-order valence-electron chi connectivity index (χ0n) is 6.95. The first kappa shape index (κ1) is 9.02. The molecule has 0 radical (unpaired) electrons. The maximum Gasteiger partial charge on any atom is 0.0854 e. The van der Waals surface area contributed by atoms with Crippen molar-refractivity contribution in [2.75, 3.05) is 13.1 Å². The first-order valence-electron chi connectivity index (χ1n) is 4.05. The van der Waals surface area contributed by atoms with Crippen molar-refractivity contribution in [1.82, 2.24) is 4.67 Å². The third kappa shape index (κ3) is 3.22. The second kappa shape index (κ2) is 4.08. The summed E-state index contributed by atoms with van der Waals surface area (Å²) in [6, 6.07) is 0. The highest BCUT2D eigenvalue weighted by Crippen LogP contribution is 2.20. The van der Waals surface area contributed by atoms with Gasteiger partial charge in [-0.1, -0.05) is 9.39 Å². The fraction of sp³-hybridized carbons (Fsp3) is 0.750. The summed E-state index contributed by atoms with van der Waals surface area (Å²) in [7, 11) is 2.72.